The van der Waals surface area contributed by atoms with Crippen molar-refractivity contribution in [2.24, 2.45) is 0 Å². The molecule has 0 aliphatic heterocycles. The molecule has 4 unspecified atom stereocenters. The zero-order valence-corrected chi connectivity index (χ0v) is 54.0. The Morgan fingerprint density at radius 3 is 1.04 bits per heavy atom. The highest BCUT2D eigenvalue weighted by Crippen LogP contribution is 2.42. The van der Waals surface area contributed by atoms with E-state index < -0.39 is 21.8 Å². The number of aromatic hydroxyl groups is 5. The van der Waals surface area contributed by atoms with Crippen LogP contribution < -0.4 is 31.9 Å². The van der Waals surface area contributed by atoms with Gasteiger partial charge in [-0.05, 0) is 189 Å². The quantitative estimate of drug-likeness (QED) is 0.0113. The second-order valence-electron chi connectivity index (χ2n) is 18.6. The molecule has 0 fully saturated rings. The summed E-state index contributed by atoms with van der Waals surface area (Å²) < 4.78 is 0. The first-order valence-corrected chi connectivity index (χ1v) is 40.7. The van der Waals surface area contributed by atoms with E-state index in [2.05, 4.69) is 140 Å². The van der Waals surface area contributed by atoms with Crippen molar-refractivity contribution in [2.75, 3.05) is 39.3 Å². The molecule has 21 heteroatoms. The van der Waals surface area contributed by atoms with Crippen LogP contribution in [0.4, 0.5) is 0 Å². The van der Waals surface area contributed by atoms with E-state index in [4.69, 9.17) is 30.3 Å². The van der Waals surface area contributed by atoms with Gasteiger partial charge in [-0.25, -0.2) is 0 Å². The normalized spacial score (nSPS) is 13.5. The first kappa shape index (κ1) is 62.7. The standard InChI is InChI=1S/C51H64B4I4N4O5P4/c1-32-18-41(30-62(14-8-6-10-37-24-43(69(52)56)20-33(2)47(37)64)15-9-7-11-38-25-44(70(53)57)21-34(3)48(38)65)51(68)42(19-32)31-63(16-12-60-28-39-26-45(71(54)58)22-35(4)49(39)66)17-13-61-29-40-27-46(72(55)59)23-36(5)50(40)67/h18-27,60-61,64-68H,6-17,28-31H2,1-5H3. The molecule has 0 spiro atoms. The van der Waals surface area contributed by atoms with Crippen LogP contribution in [0, 0.1) is 34.6 Å². The van der Waals surface area contributed by atoms with Crippen LogP contribution in [0.1, 0.15) is 86.9 Å². The van der Waals surface area contributed by atoms with Gasteiger partial charge < -0.3 is 36.2 Å². The summed E-state index contributed by atoms with van der Waals surface area (Å²) in [6.07, 6.45) is 5.04. The SMILES string of the molecule is [B]P(I)c1cc(C)c(O)c(CCCCN(CCCCc2cc(P([B])I)cc(C)c2O)Cc2cc(C)cc(CN(CCNCc3cc(P([B])I)cc(C)c3O)CCNCc3cc(P([B])I)cc(C)c3O)c2O)c1. The first-order chi connectivity index (χ1) is 34.1. The molecular weight excluding hydrogens is 1420 g/mol. The first-order valence-electron chi connectivity index (χ1n) is 23.9. The summed E-state index contributed by atoms with van der Waals surface area (Å²) in [5.41, 5.74) is 6.30. The van der Waals surface area contributed by atoms with E-state index in [-0.39, 0.29) is 11.5 Å². The summed E-state index contributed by atoms with van der Waals surface area (Å²) in [6, 6.07) is 20.1. The molecule has 0 amide bonds. The lowest BCUT2D eigenvalue weighted by molar-refractivity contribution is 0.247. The lowest BCUT2D eigenvalue weighted by atomic mass is 10.0. The van der Waals surface area contributed by atoms with Crippen LogP contribution in [0.2, 0.25) is 0 Å². The number of aryl methyl sites for hydroxylation is 7. The number of nitrogens with one attached hydrogen (secondary N) is 2. The molecule has 0 saturated heterocycles. The Labute approximate surface area is 491 Å². The highest BCUT2D eigenvalue weighted by molar-refractivity contribution is 14.2. The highest BCUT2D eigenvalue weighted by atomic mass is 127. The van der Waals surface area contributed by atoms with Crippen molar-refractivity contribution >= 4 is 161 Å². The average molecular weight is 1490 g/mol. The van der Waals surface area contributed by atoms with Gasteiger partial charge in [-0.1, -0.05) is 128 Å². The molecule has 0 aromatic heterocycles. The summed E-state index contributed by atoms with van der Waals surface area (Å²) in [7, 11) is 25.1. The fraction of sp³-hybridized carbons (Fsp3) is 0.412. The number of phenols is 5. The van der Waals surface area contributed by atoms with E-state index in [1.807, 2.05) is 64.1 Å². The molecule has 5 aromatic carbocycles. The predicted molar refractivity (Wildman–Crippen MR) is 349 cm³/mol. The van der Waals surface area contributed by atoms with Crippen LogP contribution in [0.25, 0.3) is 0 Å². The van der Waals surface area contributed by atoms with Crippen LogP contribution in [0.3, 0.4) is 0 Å². The zero-order valence-electron chi connectivity index (χ0n) is 41.8. The maximum atomic E-state index is 12.2. The monoisotopic (exact) mass is 1490 g/mol. The maximum absolute atomic E-state index is 12.2. The van der Waals surface area contributed by atoms with Crippen molar-refractivity contribution in [3.8, 4) is 28.7 Å². The van der Waals surface area contributed by atoms with E-state index in [9.17, 15) is 25.5 Å². The summed E-state index contributed by atoms with van der Waals surface area (Å²) >= 11 is 9.04. The smallest absolute Gasteiger partial charge is 0.129 e. The molecule has 0 aliphatic rings. The minimum atomic E-state index is -0.839. The molecule has 0 aliphatic carbocycles. The molecule has 7 N–H and O–H groups in total. The lowest BCUT2D eigenvalue weighted by Crippen LogP contribution is -2.36. The Morgan fingerprint density at radius 1 is 0.403 bits per heavy atom. The van der Waals surface area contributed by atoms with Gasteiger partial charge in [0.15, 0.2) is 0 Å². The second kappa shape index (κ2) is 30.8. The van der Waals surface area contributed by atoms with Crippen LogP contribution in [0.5, 0.6) is 28.7 Å². The Bertz CT molecular complexity index is 2300. The van der Waals surface area contributed by atoms with Gasteiger partial charge >= 0.3 is 0 Å². The number of unbranched alkanes of at least 4 members (excludes halogenated alkanes) is 2. The minimum absolute atomic E-state index is 0.280. The van der Waals surface area contributed by atoms with Crippen LogP contribution in [0.15, 0.2) is 60.7 Å². The van der Waals surface area contributed by atoms with Crippen LogP contribution >= 0.6 is 110 Å². The molecule has 9 nitrogen and oxygen atoms in total. The molecule has 72 heavy (non-hydrogen) atoms. The molecule has 8 radical (unpaired) electrons. The molecule has 4 atom stereocenters. The average Bonchev–Trinajstić information content (AvgIpc) is 3.32. The third kappa shape index (κ3) is 19.0. The fourth-order valence-corrected chi connectivity index (χ4v) is 14.6. The lowest BCUT2D eigenvalue weighted by Gasteiger charge is -2.26. The molecular formula is C51H64B4I4N4O5P4. The number of halogens is 4. The van der Waals surface area contributed by atoms with Crippen molar-refractivity contribution in [3.05, 3.63) is 122 Å². The van der Waals surface area contributed by atoms with Gasteiger partial charge in [0.05, 0.1) is 0 Å². The second-order valence-corrected chi connectivity index (χ2v) is 35.6. The van der Waals surface area contributed by atoms with Crippen molar-refractivity contribution in [2.45, 2.75) is 99.3 Å². The number of rotatable bonds is 28. The molecule has 5 aromatic rings. The largest absolute Gasteiger partial charge is 0.507 e. The van der Waals surface area contributed by atoms with Gasteiger partial charge in [-0.2, -0.15) is 0 Å². The van der Waals surface area contributed by atoms with Crippen LogP contribution in [-0.2, 0) is 39.0 Å². The van der Waals surface area contributed by atoms with E-state index in [1.54, 1.807) is 0 Å². The Balaban J connectivity index is 1.34. The van der Waals surface area contributed by atoms with Crippen molar-refractivity contribution < 1.29 is 25.5 Å². The topological polar surface area (TPSA) is 132 Å². The number of hydrogen-bond donors (Lipinski definition) is 7. The van der Waals surface area contributed by atoms with Crippen LogP contribution in [-0.4, -0.2) is 105 Å². The molecule has 5 rings (SSSR count). The van der Waals surface area contributed by atoms with E-state index in [0.29, 0.717) is 69.6 Å². The number of benzene rings is 5. The predicted octanol–water partition coefficient (Wildman–Crippen LogP) is 11.1. The van der Waals surface area contributed by atoms with E-state index >= 15 is 0 Å². The third-order valence-corrected chi connectivity index (χ3v) is 22.5. The molecule has 0 heterocycles. The molecule has 378 valence electrons. The summed E-state index contributed by atoms with van der Waals surface area (Å²) in [5, 5.41) is 67.2. The summed E-state index contributed by atoms with van der Waals surface area (Å²) in [6.45, 7) is 16.0. The zero-order chi connectivity index (χ0) is 52.8. The number of nitrogens with zero attached hydrogens (tertiary/aromatic N) is 2. The van der Waals surface area contributed by atoms with Crippen molar-refractivity contribution in [1.29, 1.82) is 0 Å². The molecule has 0 saturated carbocycles. The van der Waals surface area contributed by atoms with Gasteiger partial charge in [0.1, 0.15) is 59.0 Å². The Hall–Kier alpha value is -0.160. The Kier molecular flexibility index (Phi) is 26.9. The van der Waals surface area contributed by atoms with E-state index in [1.165, 1.54) is 0 Å². The highest BCUT2D eigenvalue weighted by Gasteiger charge is 2.19. The minimum Gasteiger partial charge on any atom is -0.507 e. The number of hydrogen-bond acceptors (Lipinski definition) is 9. The van der Waals surface area contributed by atoms with Gasteiger partial charge in [0.25, 0.3) is 0 Å². The van der Waals surface area contributed by atoms with Gasteiger partial charge in [0.2, 0.25) is 0 Å². The maximum Gasteiger partial charge on any atom is 0.129 e. The molecule has 0 bridgehead atoms. The van der Waals surface area contributed by atoms with Gasteiger partial charge in [-0.3, -0.25) is 9.80 Å². The third-order valence-electron chi connectivity index (χ3n) is 12.8. The van der Waals surface area contributed by atoms with Crippen molar-refractivity contribution in [1.82, 2.24) is 20.4 Å². The summed E-state index contributed by atoms with van der Waals surface area (Å²) in [5.74, 6) is 1.55. The van der Waals surface area contributed by atoms with Crippen molar-refractivity contribution in [3.63, 3.8) is 0 Å². The fourth-order valence-electron chi connectivity index (χ4n) is 8.89. The van der Waals surface area contributed by atoms with Gasteiger partial charge in [0, 0.05) is 74.6 Å². The Morgan fingerprint density at radius 2 is 0.708 bits per heavy atom. The van der Waals surface area contributed by atoms with Gasteiger partial charge in [-0.15, -0.1) is 0 Å². The van der Waals surface area contributed by atoms with E-state index in [0.717, 1.165) is 134 Å². The summed E-state index contributed by atoms with van der Waals surface area (Å²) in [4.78, 5) is 4.75. The number of phenolic OH excluding ortho intramolecular Hbond substituents is 5.